The third kappa shape index (κ3) is 2.56. The Morgan fingerprint density at radius 3 is 2.57 bits per heavy atom. The molecule has 3 heteroatoms. The van der Waals surface area contributed by atoms with Crippen LogP contribution in [-0.4, -0.2) is 11.9 Å². The Morgan fingerprint density at radius 1 is 0.957 bits per heavy atom. The molecule has 0 amide bonds. The van der Waals surface area contributed by atoms with Gasteiger partial charge in [0.1, 0.15) is 0 Å². The zero-order chi connectivity index (χ0) is 15.8. The number of allylic oxidation sites excluding steroid dienone is 1. The third-order valence-electron chi connectivity index (χ3n) is 4.08. The molecule has 0 N–H and O–H groups in total. The van der Waals surface area contributed by atoms with E-state index in [2.05, 4.69) is 84.8 Å². The summed E-state index contributed by atoms with van der Waals surface area (Å²) in [6.07, 6.45) is 2.11. The topological polar surface area (TPSA) is 3.24 Å². The molecule has 0 fully saturated rings. The molecule has 3 aromatic carbocycles. The van der Waals surface area contributed by atoms with Crippen LogP contribution in [0.15, 0.2) is 82.7 Å². The SMILES string of the molecule is CN1/C(=C\C(=S)c2cccc3ccccc23)Sc2ccccc21. The molecular formula is C20H15NS2. The molecular weight excluding hydrogens is 318 g/mol. The number of anilines is 1. The van der Waals surface area contributed by atoms with Gasteiger partial charge in [-0.1, -0.05) is 78.6 Å². The maximum absolute atomic E-state index is 5.73. The summed E-state index contributed by atoms with van der Waals surface area (Å²) in [5.74, 6) is 0. The van der Waals surface area contributed by atoms with E-state index in [1.807, 2.05) is 0 Å². The standard InChI is InChI=1S/C20H15NS2/c1-21-17-11-4-5-12-19(17)23-20(21)13-18(22)16-10-6-8-14-7-2-3-9-15(14)16/h2-13H,1H3/b20-13+. The first-order valence-corrected chi connectivity index (χ1v) is 8.71. The lowest BCUT2D eigenvalue weighted by atomic mass is 10.0. The summed E-state index contributed by atoms with van der Waals surface area (Å²) in [6, 6.07) is 23.1. The van der Waals surface area contributed by atoms with Gasteiger partial charge in [-0.15, -0.1) is 0 Å². The average Bonchev–Trinajstić information content (AvgIpc) is 2.90. The Hall–Kier alpha value is -2.10. The predicted octanol–water partition coefficient (Wildman–Crippen LogP) is 5.64. The molecule has 0 saturated carbocycles. The van der Waals surface area contributed by atoms with E-state index in [9.17, 15) is 0 Å². The van der Waals surface area contributed by atoms with Gasteiger partial charge in [-0.2, -0.15) is 0 Å². The molecule has 0 saturated heterocycles. The molecule has 23 heavy (non-hydrogen) atoms. The van der Waals surface area contributed by atoms with Crippen LogP contribution in [0.25, 0.3) is 10.8 Å². The Bertz CT molecular complexity index is 938. The summed E-state index contributed by atoms with van der Waals surface area (Å²) in [6.45, 7) is 0. The van der Waals surface area contributed by atoms with Gasteiger partial charge in [-0.25, -0.2) is 0 Å². The fourth-order valence-electron chi connectivity index (χ4n) is 2.88. The van der Waals surface area contributed by atoms with Crippen LogP contribution in [0.3, 0.4) is 0 Å². The molecule has 1 heterocycles. The number of para-hydroxylation sites is 1. The lowest BCUT2D eigenvalue weighted by Crippen LogP contribution is -2.11. The normalized spacial score (nSPS) is 15.2. The van der Waals surface area contributed by atoms with Crippen molar-refractivity contribution in [3.05, 3.63) is 83.4 Å². The molecule has 4 rings (SSSR count). The Labute approximate surface area is 145 Å². The fourth-order valence-corrected chi connectivity index (χ4v) is 4.33. The van der Waals surface area contributed by atoms with Crippen LogP contribution in [-0.2, 0) is 0 Å². The predicted molar refractivity (Wildman–Crippen MR) is 104 cm³/mol. The minimum atomic E-state index is 0.879. The lowest BCUT2D eigenvalue weighted by Gasteiger charge is -2.14. The second kappa shape index (κ2) is 5.84. The Morgan fingerprint density at radius 2 is 1.70 bits per heavy atom. The molecule has 1 aliphatic rings. The van der Waals surface area contributed by atoms with Crippen LogP contribution < -0.4 is 4.90 Å². The van der Waals surface area contributed by atoms with Crippen molar-refractivity contribution in [3.63, 3.8) is 0 Å². The van der Waals surface area contributed by atoms with E-state index in [0.717, 1.165) is 10.4 Å². The van der Waals surface area contributed by atoms with Crippen molar-refractivity contribution < 1.29 is 0 Å². The number of rotatable bonds is 2. The first-order valence-electron chi connectivity index (χ1n) is 7.48. The van der Waals surface area contributed by atoms with Crippen molar-refractivity contribution in [1.82, 2.24) is 0 Å². The zero-order valence-electron chi connectivity index (χ0n) is 12.7. The highest BCUT2D eigenvalue weighted by Gasteiger charge is 2.21. The van der Waals surface area contributed by atoms with Crippen LogP contribution >= 0.6 is 24.0 Å². The molecule has 0 unspecified atom stereocenters. The number of thioether (sulfide) groups is 1. The maximum atomic E-state index is 5.73. The van der Waals surface area contributed by atoms with E-state index in [1.165, 1.54) is 26.4 Å². The number of thiocarbonyl (C=S) groups is 1. The number of nitrogens with zero attached hydrogens (tertiary/aromatic N) is 1. The van der Waals surface area contributed by atoms with E-state index in [4.69, 9.17) is 12.2 Å². The molecule has 1 aliphatic heterocycles. The second-order valence-corrected chi connectivity index (χ2v) is 7.00. The Kier molecular flexibility index (Phi) is 3.68. The fraction of sp³-hybridized carbons (Fsp3) is 0.0500. The summed E-state index contributed by atoms with van der Waals surface area (Å²) in [5.41, 5.74) is 2.36. The van der Waals surface area contributed by atoms with Crippen LogP contribution in [0.2, 0.25) is 0 Å². The van der Waals surface area contributed by atoms with Crippen molar-refractivity contribution >= 4 is 45.3 Å². The van der Waals surface area contributed by atoms with E-state index in [-0.39, 0.29) is 0 Å². The minimum Gasteiger partial charge on any atom is -0.338 e. The molecule has 0 aromatic heterocycles. The van der Waals surface area contributed by atoms with Gasteiger partial charge in [-0.05, 0) is 29.0 Å². The van der Waals surface area contributed by atoms with Gasteiger partial charge in [0.05, 0.1) is 10.7 Å². The van der Waals surface area contributed by atoms with E-state index < -0.39 is 0 Å². The van der Waals surface area contributed by atoms with E-state index in [0.29, 0.717) is 0 Å². The molecule has 0 aliphatic carbocycles. The average molecular weight is 333 g/mol. The molecule has 0 radical (unpaired) electrons. The largest absolute Gasteiger partial charge is 0.338 e. The molecule has 3 aromatic rings. The van der Waals surface area contributed by atoms with Gasteiger partial charge >= 0.3 is 0 Å². The first kappa shape index (κ1) is 14.5. The van der Waals surface area contributed by atoms with E-state index >= 15 is 0 Å². The summed E-state index contributed by atoms with van der Waals surface area (Å²) in [4.78, 5) is 4.36. The van der Waals surface area contributed by atoms with Gasteiger partial charge in [-0.3, -0.25) is 0 Å². The highest BCUT2D eigenvalue weighted by atomic mass is 32.2. The molecule has 0 bridgehead atoms. The highest BCUT2D eigenvalue weighted by molar-refractivity contribution is 8.03. The number of benzene rings is 3. The Balaban J connectivity index is 1.73. The maximum Gasteiger partial charge on any atom is 0.0813 e. The first-order chi connectivity index (χ1) is 11.2. The molecule has 112 valence electrons. The van der Waals surface area contributed by atoms with Crippen LogP contribution in [0.5, 0.6) is 0 Å². The summed E-state index contributed by atoms with van der Waals surface area (Å²) in [5, 5.41) is 3.60. The van der Waals surface area contributed by atoms with Crippen molar-refractivity contribution in [2.24, 2.45) is 0 Å². The summed E-state index contributed by atoms with van der Waals surface area (Å²) < 4.78 is 0. The smallest absolute Gasteiger partial charge is 0.0813 e. The van der Waals surface area contributed by atoms with Crippen molar-refractivity contribution in [3.8, 4) is 0 Å². The van der Waals surface area contributed by atoms with Gasteiger partial charge < -0.3 is 4.90 Å². The van der Waals surface area contributed by atoms with Crippen LogP contribution in [0.4, 0.5) is 5.69 Å². The van der Waals surface area contributed by atoms with E-state index in [1.54, 1.807) is 11.8 Å². The van der Waals surface area contributed by atoms with Crippen LogP contribution in [0.1, 0.15) is 5.56 Å². The number of fused-ring (bicyclic) bond motifs is 2. The summed E-state index contributed by atoms with van der Waals surface area (Å²) >= 11 is 7.50. The zero-order valence-corrected chi connectivity index (χ0v) is 14.3. The number of hydrogen-bond donors (Lipinski definition) is 0. The lowest BCUT2D eigenvalue weighted by molar-refractivity contribution is 1.18. The van der Waals surface area contributed by atoms with Gasteiger partial charge in [0.2, 0.25) is 0 Å². The molecule has 1 nitrogen and oxygen atoms in total. The van der Waals surface area contributed by atoms with Gasteiger partial charge in [0.15, 0.2) is 0 Å². The van der Waals surface area contributed by atoms with Crippen molar-refractivity contribution in [2.75, 3.05) is 11.9 Å². The van der Waals surface area contributed by atoms with Crippen LogP contribution in [0, 0.1) is 0 Å². The minimum absolute atomic E-state index is 0.879. The summed E-state index contributed by atoms with van der Waals surface area (Å²) in [7, 11) is 2.09. The van der Waals surface area contributed by atoms with Crippen molar-refractivity contribution in [1.29, 1.82) is 0 Å². The third-order valence-corrected chi connectivity index (χ3v) is 5.59. The molecule has 0 spiro atoms. The highest BCUT2D eigenvalue weighted by Crippen LogP contribution is 2.44. The van der Waals surface area contributed by atoms with Gasteiger partial charge in [0, 0.05) is 22.4 Å². The van der Waals surface area contributed by atoms with Gasteiger partial charge in [0.25, 0.3) is 0 Å². The quantitative estimate of drug-likeness (QED) is 0.339. The number of hydrogen-bond acceptors (Lipinski definition) is 3. The van der Waals surface area contributed by atoms with Crippen molar-refractivity contribution in [2.45, 2.75) is 4.90 Å². The monoisotopic (exact) mass is 333 g/mol. The second-order valence-electron chi connectivity index (χ2n) is 5.50. The molecule has 0 atom stereocenters.